The van der Waals surface area contributed by atoms with Crippen LogP contribution >= 0.6 is 11.6 Å². The first-order chi connectivity index (χ1) is 17.4. The van der Waals surface area contributed by atoms with Crippen LogP contribution in [0.4, 0.5) is 5.69 Å². The van der Waals surface area contributed by atoms with Crippen molar-refractivity contribution in [2.24, 2.45) is 0 Å². The van der Waals surface area contributed by atoms with Crippen molar-refractivity contribution < 1.29 is 17.9 Å². The molecule has 0 N–H and O–H groups in total. The molecule has 1 aromatic heterocycles. The Morgan fingerprint density at radius 3 is 2.25 bits per heavy atom. The number of halogens is 1. The molecule has 1 fully saturated rings. The Bertz CT molecular complexity index is 1490. The number of hydrogen-bond acceptors (Lipinski definition) is 5. The molecule has 0 atom stereocenters. The average molecular weight is 524 g/mol. The average Bonchev–Trinajstić information content (AvgIpc) is 3.28. The van der Waals surface area contributed by atoms with Gasteiger partial charge in [-0.2, -0.15) is 0 Å². The lowest BCUT2D eigenvalue weighted by Crippen LogP contribution is -2.49. The van der Waals surface area contributed by atoms with Crippen LogP contribution in [0, 0.1) is 0 Å². The third-order valence-corrected chi connectivity index (χ3v) is 8.59. The Morgan fingerprint density at radius 2 is 1.58 bits per heavy atom. The predicted molar refractivity (Wildman–Crippen MR) is 141 cm³/mol. The maximum absolute atomic E-state index is 13.4. The van der Waals surface area contributed by atoms with Crippen LogP contribution in [0.2, 0.25) is 5.02 Å². The Balaban J connectivity index is 1.34. The Hall–Kier alpha value is -3.49. The highest BCUT2D eigenvalue weighted by Crippen LogP contribution is 2.31. The number of amides is 1. The molecule has 5 rings (SSSR count). The van der Waals surface area contributed by atoms with Gasteiger partial charge in [-0.05, 0) is 54.6 Å². The molecule has 0 unspecified atom stereocenters. The monoisotopic (exact) mass is 523 g/mol. The van der Waals surface area contributed by atoms with Crippen molar-refractivity contribution in [1.29, 1.82) is 0 Å². The Kier molecular flexibility index (Phi) is 6.64. The topological polar surface area (TPSA) is 71.8 Å². The number of aromatic nitrogens is 1. The van der Waals surface area contributed by atoms with Crippen LogP contribution in [0.3, 0.4) is 0 Å². The first-order valence-corrected chi connectivity index (χ1v) is 13.5. The van der Waals surface area contributed by atoms with Gasteiger partial charge in [0.25, 0.3) is 0 Å². The zero-order valence-corrected chi connectivity index (χ0v) is 21.4. The number of rotatable bonds is 6. The third-order valence-electron chi connectivity index (χ3n) is 6.54. The summed E-state index contributed by atoms with van der Waals surface area (Å²) >= 11 is 5.95. The lowest BCUT2D eigenvalue weighted by Gasteiger charge is -2.36. The summed E-state index contributed by atoms with van der Waals surface area (Å²) in [4.78, 5) is 17.6. The molecule has 1 saturated heterocycles. The predicted octanol–water partition coefficient (Wildman–Crippen LogP) is 4.48. The zero-order chi connectivity index (χ0) is 25.3. The molecule has 9 heteroatoms. The van der Waals surface area contributed by atoms with Gasteiger partial charge in [0.15, 0.2) is 0 Å². The van der Waals surface area contributed by atoms with Crippen LogP contribution < -0.4 is 9.64 Å². The summed E-state index contributed by atoms with van der Waals surface area (Å²) in [6.45, 7) is 2.71. The zero-order valence-electron chi connectivity index (χ0n) is 19.8. The van der Waals surface area contributed by atoms with E-state index in [4.69, 9.17) is 16.3 Å². The number of carbonyl (C=O) groups is 1. The first kappa shape index (κ1) is 24.2. The second-order valence-corrected chi connectivity index (χ2v) is 11.0. The summed E-state index contributed by atoms with van der Waals surface area (Å²) in [6, 6.07) is 21.3. The van der Waals surface area contributed by atoms with Gasteiger partial charge in [-0.1, -0.05) is 29.8 Å². The minimum Gasteiger partial charge on any atom is -0.497 e. The number of fused-ring (bicyclic) bond motifs is 1. The lowest BCUT2D eigenvalue weighted by molar-refractivity contribution is -0.132. The van der Waals surface area contributed by atoms with Crippen molar-refractivity contribution >= 4 is 43.9 Å². The summed E-state index contributed by atoms with van der Waals surface area (Å²) < 4.78 is 33.8. The molecule has 1 aliphatic rings. The van der Waals surface area contributed by atoms with Crippen LogP contribution in [-0.2, 0) is 21.2 Å². The summed E-state index contributed by atoms with van der Waals surface area (Å²) in [5.74, 6) is 0.768. The van der Waals surface area contributed by atoms with Crippen molar-refractivity contribution in [3.63, 3.8) is 0 Å². The minimum atomic E-state index is -3.79. The van der Waals surface area contributed by atoms with Gasteiger partial charge in [0.1, 0.15) is 12.3 Å². The van der Waals surface area contributed by atoms with Crippen molar-refractivity contribution in [2.75, 3.05) is 38.2 Å². The highest BCUT2D eigenvalue weighted by atomic mass is 35.5. The first-order valence-electron chi connectivity index (χ1n) is 11.6. The van der Waals surface area contributed by atoms with Crippen LogP contribution in [0.5, 0.6) is 5.75 Å². The molecule has 0 radical (unpaired) electrons. The van der Waals surface area contributed by atoms with Crippen molar-refractivity contribution in [3.8, 4) is 5.75 Å². The smallest absolute Gasteiger partial charge is 0.242 e. The third kappa shape index (κ3) is 4.66. The van der Waals surface area contributed by atoms with E-state index in [1.165, 1.54) is 12.1 Å². The molecular formula is C27H26ClN3O4S. The molecule has 4 aromatic rings. The highest BCUT2D eigenvalue weighted by molar-refractivity contribution is 7.91. The molecule has 0 saturated carbocycles. The number of carbonyl (C=O) groups excluding carboxylic acids is 1. The van der Waals surface area contributed by atoms with E-state index in [1.807, 2.05) is 41.3 Å². The number of hydrogen-bond donors (Lipinski definition) is 0. The van der Waals surface area contributed by atoms with Gasteiger partial charge < -0.3 is 19.1 Å². The number of nitrogens with zero attached hydrogens (tertiary/aromatic N) is 3. The van der Waals surface area contributed by atoms with E-state index < -0.39 is 9.84 Å². The Labute approximate surface area is 215 Å². The van der Waals surface area contributed by atoms with Crippen molar-refractivity contribution in [1.82, 2.24) is 9.47 Å². The molecule has 0 bridgehead atoms. The summed E-state index contributed by atoms with van der Waals surface area (Å²) in [7, 11) is -2.14. The van der Waals surface area contributed by atoms with Crippen LogP contribution in [0.1, 0.15) is 0 Å². The molecule has 186 valence electrons. The fourth-order valence-corrected chi connectivity index (χ4v) is 6.15. The van der Waals surface area contributed by atoms with Crippen LogP contribution in [0.25, 0.3) is 10.9 Å². The summed E-state index contributed by atoms with van der Waals surface area (Å²) in [6.07, 6.45) is 1.57. The quantitative estimate of drug-likeness (QED) is 0.372. The molecule has 36 heavy (non-hydrogen) atoms. The van der Waals surface area contributed by atoms with Gasteiger partial charge >= 0.3 is 0 Å². The molecule has 3 aromatic carbocycles. The van der Waals surface area contributed by atoms with Crippen molar-refractivity contribution in [3.05, 3.63) is 84.0 Å². The van der Waals surface area contributed by atoms with Crippen molar-refractivity contribution in [2.45, 2.75) is 16.3 Å². The van der Waals surface area contributed by atoms with Gasteiger partial charge in [0, 0.05) is 54.0 Å². The highest BCUT2D eigenvalue weighted by Gasteiger charge is 2.26. The molecular weight excluding hydrogens is 498 g/mol. The molecule has 1 amide bonds. The minimum absolute atomic E-state index is 0.0411. The largest absolute Gasteiger partial charge is 0.497 e. The molecule has 0 spiro atoms. The van der Waals surface area contributed by atoms with E-state index >= 15 is 0 Å². The lowest BCUT2D eigenvalue weighted by atomic mass is 10.2. The normalized spacial score (nSPS) is 14.3. The maximum Gasteiger partial charge on any atom is 0.242 e. The molecule has 0 aliphatic carbocycles. The van der Waals surface area contributed by atoms with Crippen LogP contribution in [-0.4, -0.2) is 57.1 Å². The van der Waals surface area contributed by atoms with E-state index in [0.717, 1.165) is 24.5 Å². The Morgan fingerprint density at radius 1 is 0.917 bits per heavy atom. The molecule has 2 heterocycles. The SMILES string of the molecule is COc1ccc(N2CCN(C(=O)Cn3cc(S(=O)(=O)c4ccc(Cl)cc4)c4ccccc43)CC2)cc1. The number of sulfone groups is 1. The van der Waals surface area contributed by atoms with E-state index in [9.17, 15) is 13.2 Å². The molecule has 7 nitrogen and oxygen atoms in total. The van der Waals surface area contributed by atoms with Crippen LogP contribution in [0.15, 0.2) is 88.8 Å². The second-order valence-electron chi connectivity index (χ2n) is 8.66. The molecule has 1 aliphatic heterocycles. The van der Waals surface area contributed by atoms with Gasteiger partial charge in [-0.25, -0.2) is 8.42 Å². The number of benzene rings is 3. The number of anilines is 1. The van der Waals surface area contributed by atoms with Gasteiger partial charge in [0.05, 0.1) is 16.9 Å². The fraction of sp³-hybridized carbons (Fsp3) is 0.222. The van der Waals surface area contributed by atoms with E-state index in [0.29, 0.717) is 29.0 Å². The second kappa shape index (κ2) is 9.87. The fourth-order valence-electron chi connectivity index (χ4n) is 4.55. The van der Waals surface area contributed by atoms with E-state index in [-0.39, 0.29) is 22.2 Å². The number of para-hydroxylation sites is 1. The standard InChI is InChI=1S/C27H26ClN3O4S/c1-35-22-10-8-21(9-11-22)29-14-16-30(17-15-29)27(32)19-31-18-26(24-4-2-3-5-25(24)31)36(33,34)23-12-6-20(28)7-13-23/h2-13,18H,14-17,19H2,1H3. The van der Waals surface area contributed by atoms with Gasteiger partial charge in [0.2, 0.25) is 15.7 Å². The van der Waals surface area contributed by atoms with E-state index in [2.05, 4.69) is 4.90 Å². The maximum atomic E-state index is 13.4. The number of piperazine rings is 1. The van der Waals surface area contributed by atoms with Gasteiger partial charge in [-0.15, -0.1) is 0 Å². The summed E-state index contributed by atoms with van der Waals surface area (Å²) in [5, 5.41) is 1.05. The number of methoxy groups -OCH3 is 1. The number of ether oxygens (including phenoxy) is 1. The van der Waals surface area contributed by atoms with E-state index in [1.54, 1.807) is 42.1 Å². The summed E-state index contributed by atoms with van der Waals surface area (Å²) in [5.41, 5.74) is 1.80. The van der Waals surface area contributed by atoms with Gasteiger partial charge in [-0.3, -0.25) is 4.79 Å².